The lowest BCUT2D eigenvalue weighted by molar-refractivity contribution is 0.881. The van der Waals surface area contributed by atoms with Gasteiger partial charge in [-0.1, -0.05) is 13.8 Å². The molecule has 0 unspecified atom stereocenters. The Morgan fingerprint density at radius 3 is 2.73 bits per heavy atom. The first-order valence-corrected chi connectivity index (χ1v) is 5.54. The Balaban J connectivity index is 2.68. The molecule has 0 spiro atoms. The molecule has 0 aliphatic carbocycles. The SMILES string of the molecule is CC(C)c1csc2cscc12. The van der Waals surface area contributed by atoms with Crippen LogP contribution in [0.4, 0.5) is 0 Å². The third kappa shape index (κ3) is 1.10. The minimum atomic E-state index is 0.665. The molecule has 0 nitrogen and oxygen atoms in total. The minimum absolute atomic E-state index is 0.665. The molecule has 2 heterocycles. The predicted molar refractivity (Wildman–Crippen MR) is 53.8 cm³/mol. The van der Waals surface area contributed by atoms with Crippen molar-refractivity contribution in [1.29, 1.82) is 0 Å². The van der Waals surface area contributed by atoms with E-state index in [1.807, 2.05) is 11.3 Å². The highest BCUT2D eigenvalue weighted by Crippen LogP contribution is 2.33. The van der Waals surface area contributed by atoms with Crippen LogP contribution in [0.15, 0.2) is 16.1 Å². The summed E-state index contributed by atoms with van der Waals surface area (Å²) in [5.74, 6) is 0.665. The fraction of sp³-hybridized carbons (Fsp3) is 0.333. The maximum Gasteiger partial charge on any atom is 0.0452 e. The van der Waals surface area contributed by atoms with Gasteiger partial charge in [-0.25, -0.2) is 0 Å². The largest absolute Gasteiger partial charge is 0.150 e. The van der Waals surface area contributed by atoms with E-state index < -0.39 is 0 Å². The molecule has 0 radical (unpaired) electrons. The van der Waals surface area contributed by atoms with Crippen LogP contribution in [0.1, 0.15) is 25.3 Å². The summed E-state index contributed by atoms with van der Waals surface area (Å²) in [7, 11) is 0. The first kappa shape index (κ1) is 7.32. The van der Waals surface area contributed by atoms with Gasteiger partial charge in [0, 0.05) is 15.5 Å². The van der Waals surface area contributed by atoms with Crippen LogP contribution in [-0.4, -0.2) is 0 Å². The van der Waals surface area contributed by atoms with Crippen molar-refractivity contribution in [2.75, 3.05) is 0 Å². The summed E-state index contributed by atoms with van der Waals surface area (Å²) in [6, 6.07) is 0. The number of rotatable bonds is 1. The average Bonchev–Trinajstić information content (AvgIpc) is 2.41. The van der Waals surface area contributed by atoms with Gasteiger partial charge in [-0.2, -0.15) is 11.3 Å². The summed E-state index contributed by atoms with van der Waals surface area (Å²) in [4.78, 5) is 0. The van der Waals surface area contributed by atoms with Crippen LogP contribution in [0.2, 0.25) is 0 Å². The molecule has 0 saturated heterocycles. The van der Waals surface area contributed by atoms with Gasteiger partial charge >= 0.3 is 0 Å². The molecule has 2 rings (SSSR count). The smallest absolute Gasteiger partial charge is 0.0452 e. The molecule has 58 valence electrons. The van der Waals surface area contributed by atoms with Gasteiger partial charge in [-0.05, 0) is 22.2 Å². The van der Waals surface area contributed by atoms with Gasteiger partial charge < -0.3 is 0 Å². The van der Waals surface area contributed by atoms with E-state index in [4.69, 9.17) is 0 Å². The predicted octanol–water partition coefficient (Wildman–Crippen LogP) is 4.09. The van der Waals surface area contributed by atoms with Crippen LogP contribution in [0.25, 0.3) is 10.1 Å². The summed E-state index contributed by atoms with van der Waals surface area (Å²) in [6.07, 6.45) is 0. The standard InChI is InChI=1S/C9H10S2/c1-6(2)7-4-11-9-5-10-3-8(7)9/h3-6H,1-2H3. The van der Waals surface area contributed by atoms with Crippen LogP contribution in [-0.2, 0) is 0 Å². The zero-order valence-electron chi connectivity index (χ0n) is 6.63. The van der Waals surface area contributed by atoms with Crippen molar-refractivity contribution >= 4 is 32.8 Å². The molecule has 0 atom stereocenters. The Morgan fingerprint density at radius 2 is 2.00 bits per heavy atom. The van der Waals surface area contributed by atoms with Gasteiger partial charge in [0.2, 0.25) is 0 Å². The molecule has 0 amide bonds. The van der Waals surface area contributed by atoms with Gasteiger partial charge in [0.05, 0.1) is 0 Å². The van der Waals surface area contributed by atoms with Gasteiger partial charge in [-0.15, -0.1) is 11.3 Å². The number of hydrogen-bond acceptors (Lipinski definition) is 2. The second-order valence-electron chi connectivity index (χ2n) is 3.00. The average molecular weight is 182 g/mol. The van der Waals surface area contributed by atoms with E-state index >= 15 is 0 Å². The van der Waals surface area contributed by atoms with E-state index in [-0.39, 0.29) is 0 Å². The van der Waals surface area contributed by atoms with Gasteiger partial charge in [0.25, 0.3) is 0 Å². The van der Waals surface area contributed by atoms with E-state index in [1.165, 1.54) is 15.6 Å². The molecule has 0 bridgehead atoms. The Hall–Kier alpha value is -0.340. The molecule has 0 saturated carbocycles. The lowest BCUT2D eigenvalue weighted by Gasteiger charge is -1.99. The normalized spacial score (nSPS) is 11.5. The molecule has 2 aromatic heterocycles. The Morgan fingerprint density at radius 1 is 1.18 bits per heavy atom. The molecular weight excluding hydrogens is 172 g/mol. The summed E-state index contributed by atoms with van der Waals surface area (Å²) < 4.78 is 1.44. The molecule has 0 N–H and O–H groups in total. The van der Waals surface area contributed by atoms with Crippen LogP contribution in [0.3, 0.4) is 0 Å². The lowest BCUT2D eigenvalue weighted by atomic mass is 10.1. The third-order valence-corrected chi connectivity index (χ3v) is 3.73. The highest BCUT2D eigenvalue weighted by Gasteiger charge is 2.06. The van der Waals surface area contributed by atoms with Gasteiger partial charge in [0.1, 0.15) is 0 Å². The number of hydrogen-bond donors (Lipinski definition) is 0. The van der Waals surface area contributed by atoms with Crippen molar-refractivity contribution in [2.24, 2.45) is 0 Å². The highest BCUT2D eigenvalue weighted by molar-refractivity contribution is 7.21. The van der Waals surface area contributed by atoms with Crippen molar-refractivity contribution in [2.45, 2.75) is 19.8 Å². The fourth-order valence-electron chi connectivity index (χ4n) is 1.22. The van der Waals surface area contributed by atoms with Crippen LogP contribution >= 0.6 is 22.7 Å². The number of thiophene rings is 2. The van der Waals surface area contributed by atoms with Crippen molar-refractivity contribution in [3.8, 4) is 0 Å². The molecule has 0 aromatic carbocycles. The van der Waals surface area contributed by atoms with Crippen molar-refractivity contribution in [3.05, 3.63) is 21.7 Å². The molecular formula is C9H10S2. The van der Waals surface area contributed by atoms with Crippen molar-refractivity contribution in [3.63, 3.8) is 0 Å². The van der Waals surface area contributed by atoms with E-state index in [2.05, 4.69) is 30.0 Å². The van der Waals surface area contributed by atoms with Crippen LogP contribution in [0.5, 0.6) is 0 Å². The first-order valence-electron chi connectivity index (χ1n) is 3.72. The first-order chi connectivity index (χ1) is 5.29. The lowest BCUT2D eigenvalue weighted by Crippen LogP contribution is -1.81. The molecule has 2 heteroatoms. The summed E-state index contributed by atoms with van der Waals surface area (Å²) in [5, 5.41) is 8.23. The van der Waals surface area contributed by atoms with E-state index in [9.17, 15) is 0 Å². The highest BCUT2D eigenvalue weighted by atomic mass is 32.1. The Labute approximate surface area is 74.5 Å². The summed E-state index contributed by atoms with van der Waals surface area (Å²) >= 11 is 3.66. The van der Waals surface area contributed by atoms with Gasteiger partial charge in [0.15, 0.2) is 0 Å². The second-order valence-corrected chi connectivity index (χ2v) is 4.65. The Kier molecular flexibility index (Phi) is 1.74. The summed E-state index contributed by atoms with van der Waals surface area (Å²) in [6.45, 7) is 4.50. The summed E-state index contributed by atoms with van der Waals surface area (Å²) in [5.41, 5.74) is 1.51. The van der Waals surface area contributed by atoms with E-state index in [1.54, 1.807) is 11.3 Å². The maximum absolute atomic E-state index is 2.28. The van der Waals surface area contributed by atoms with Crippen LogP contribution in [0, 0.1) is 0 Å². The van der Waals surface area contributed by atoms with Gasteiger partial charge in [-0.3, -0.25) is 0 Å². The number of fused-ring (bicyclic) bond motifs is 1. The monoisotopic (exact) mass is 182 g/mol. The van der Waals surface area contributed by atoms with Crippen LogP contribution < -0.4 is 0 Å². The van der Waals surface area contributed by atoms with Crippen molar-refractivity contribution in [1.82, 2.24) is 0 Å². The van der Waals surface area contributed by atoms with E-state index in [0.717, 1.165) is 0 Å². The minimum Gasteiger partial charge on any atom is -0.150 e. The zero-order valence-corrected chi connectivity index (χ0v) is 8.26. The zero-order chi connectivity index (χ0) is 7.84. The molecule has 0 aliphatic rings. The van der Waals surface area contributed by atoms with Crippen molar-refractivity contribution < 1.29 is 0 Å². The molecule has 0 fully saturated rings. The molecule has 11 heavy (non-hydrogen) atoms. The Bertz CT molecular complexity index is 354. The third-order valence-electron chi connectivity index (χ3n) is 1.87. The fourth-order valence-corrected chi connectivity index (χ4v) is 3.36. The van der Waals surface area contributed by atoms with E-state index in [0.29, 0.717) is 5.92 Å². The molecule has 2 aromatic rings. The quantitative estimate of drug-likeness (QED) is 0.623. The maximum atomic E-state index is 2.28. The molecule has 0 aliphatic heterocycles. The topological polar surface area (TPSA) is 0 Å². The second kappa shape index (κ2) is 2.61.